The Labute approximate surface area is 83.1 Å². The van der Waals surface area contributed by atoms with Gasteiger partial charge in [-0.2, -0.15) is 0 Å². The highest BCUT2D eigenvalue weighted by atomic mass is 35.5. The van der Waals surface area contributed by atoms with E-state index in [0.29, 0.717) is 10.6 Å². The van der Waals surface area contributed by atoms with Crippen LogP contribution in [0.5, 0.6) is 0 Å². The minimum absolute atomic E-state index is 0.0649. The van der Waals surface area contributed by atoms with Gasteiger partial charge in [0.25, 0.3) is 0 Å². The van der Waals surface area contributed by atoms with E-state index in [2.05, 4.69) is 9.24 Å². The van der Waals surface area contributed by atoms with Gasteiger partial charge in [0, 0.05) is 4.90 Å². The van der Waals surface area contributed by atoms with Gasteiger partial charge in [-0.1, -0.05) is 26.9 Å². The molecular formula is C8H8ClOPS. The number of benzene rings is 1. The molecule has 0 aliphatic carbocycles. The minimum atomic E-state index is -0.0649. The van der Waals surface area contributed by atoms with Gasteiger partial charge in [0.05, 0.1) is 10.6 Å². The first-order valence-electron chi connectivity index (χ1n) is 3.29. The molecule has 1 aromatic carbocycles. The molecule has 1 aromatic rings. The van der Waals surface area contributed by atoms with Crippen molar-refractivity contribution in [3.63, 3.8) is 0 Å². The standard InChI is InChI=1S/C8H8ClOPS/c1-12-6-4-2-3-5(9)7(6)8(10)11/h2-4H,11H2,1H3. The molecule has 1 atom stereocenters. The molecule has 0 aliphatic rings. The predicted molar refractivity (Wildman–Crippen MR) is 57.3 cm³/mol. The van der Waals surface area contributed by atoms with Crippen LogP contribution in [0, 0.1) is 0 Å². The maximum absolute atomic E-state index is 11.1. The first-order chi connectivity index (χ1) is 5.66. The first kappa shape index (κ1) is 10.0. The van der Waals surface area contributed by atoms with Gasteiger partial charge >= 0.3 is 0 Å². The molecular weight excluding hydrogens is 211 g/mol. The van der Waals surface area contributed by atoms with Crippen molar-refractivity contribution >= 4 is 38.1 Å². The molecule has 0 saturated heterocycles. The Morgan fingerprint density at radius 3 is 2.67 bits per heavy atom. The van der Waals surface area contributed by atoms with E-state index in [-0.39, 0.29) is 5.52 Å². The monoisotopic (exact) mass is 218 g/mol. The Morgan fingerprint density at radius 1 is 1.58 bits per heavy atom. The van der Waals surface area contributed by atoms with Crippen molar-refractivity contribution in [1.82, 2.24) is 0 Å². The summed E-state index contributed by atoms with van der Waals surface area (Å²) in [6.07, 6.45) is 1.92. The van der Waals surface area contributed by atoms with Gasteiger partial charge in [-0.15, -0.1) is 11.8 Å². The summed E-state index contributed by atoms with van der Waals surface area (Å²) in [7, 11) is 2.13. The summed E-state index contributed by atoms with van der Waals surface area (Å²) >= 11 is 7.37. The highest BCUT2D eigenvalue weighted by Gasteiger charge is 2.09. The Hall–Kier alpha value is -0.0400. The molecule has 0 fully saturated rings. The highest BCUT2D eigenvalue weighted by Crippen LogP contribution is 2.28. The van der Waals surface area contributed by atoms with E-state index in [1.54, 1.807) is 6.07 Å². The van der Waals surface area contributed by atoms with Gasteiger partial charge in [-0.25, -0.2) is 0 Å². The van der Waals surface area contributed by atoms with Crippen molar-refractivity contribution in [2.75, 3.05) is 6.26 Å². The number of hydrogen-bond donors (Lipinski definition) is 0. The van der Waals surface area contributed by atoms with E-state index in [1.807, 2.05) is 18.4 Å². The predicted octanol–water partition coefficient (Wildman–Crippen LogP) is 3.08. The second-order valence-corrected chi connectivity index (χ2v) is 3.96. The van der Waals surface area contributed by atoms with Crippen LogP contribution in [0.4, 0.5) is 0 Å². The molecule has 1 rings (SSSR count). The molecule has 0 aromatic heterocycles. The summed E-state index contributed by atoms with van der Waals surface area (Å²) in [4.78, 5) is 12.0. The molecule has 0 amide bonds. The van der Waals surface area contributed by atoms with Gasteiger partial charge in [0.1, 0.15) is 0 Å². The van der Waals surface area contributed by atoms with Crippen LogP contribution in [0.15, 0.2) is 23.1 Å². The third-order valence-corrected chi connectivity index (χ3v) is 2.83. The lowest BCUT2D eigenvalue weighted by molar-refractivity contribution is 0.108. The SMILES string of the molecule is CSc1cccc(Cl)c1C(=O)P. The largest absolute Gasteiger partial charge is 0.290 e. The average molecular weight is 219 g/mol. The molecule has 0 radical (unpaired) electrons. The molecule has 0 bridgehead atoms. The van der Waals surface area contributed by atoms with Crippen LogP contribution < -0.4 is 0 Å². The second-order valence-electron chi connectivity index (χ2n) is 2.18. The fourth-order valence-electron chi connectivity index (χ4n) is 0.914. The number of hydrogen-bond acceptors (Lipinski definition) is 2. The lowest BCUT2D eigenvalue weighted by atomic mass is 10.2. The van der Waals surface area contributed by atoms with Gasteiger partial charge in [0.15, 0.2) is 5.52 Å². The van der Waals surface area contributed by atoms with Gasteiger partial charge in [0.2, 0.25) is 0 Å². The van der Waals surface area contributed by atoms with Gasteiger partial charge in [-0.05, 0) is 18.4 Å². The number of thioether (sulfide) groups is 1. The molecule has 64 valence electrons. The fourth-order valence-corrected chi connectivity index (χ4v) is 2.37. The van der Waals surface area contributed by atoms with Gasteiger partial charge < -0.3 is 0 Å². The van der Waals surface area contributed by atoms with E-state index < -0.39 is 0 Å². The smallest absolute Gasteiger partial charge is 0.180 e. The molecule has 0 N–H and O–H groups in total. The third-order valence-electron chi connectivity index (χ3n) is 1.44. The van der Waals surface area contributed by atoms with Crippen LogP contribution in [-0.2, 0) is 0 Å². The van der Waals surface area contributed by atoms with Crippen molar-refractivity contribution in [3.8, 4) is 0 Å². The zero-order valence-corrected chi connectivity index (χ0v) is 9.23. The van der Waals surface area contributed by atoms with Crippen LogP contribution in [0.3, 0.4) is 0 Å². The number of rotatable bonds is 2. The van der Waals surface area contributed by atoms with Crippen LogP contribution in [0.25, 0.3) is 0 Å². The molecule has 12 heavy (non-hydrogen) atoms. The van der Waals surface area contributed by atoms with Crippen molar-refractivity contribution in [3.05, 3.63) is 28.8 Å². The lowest BCUT2D eigenvalue weighted by Gasteiger charge is -2.04. The molecule has 0 saturated carbocycles. The second kappa shape index (κ2) is 4.27. The van der Waals surface area contributed by atoms with Crippen molar-refractivity contribution in [1.29, 1.82) is 0 Å². The summed E-state index contributed by atoms with van der Waals surface area (Å²) in [6, 6.07) is 5.44. The van der Waals surface area contributed by atoms with E-state index >= 15 is 0 Å². The molecule has 0 spiro atoms. The van der Waals surface area contributed by atoms with Crippen LogP contribution in [-0.4, -0.2) is 11.8 Å². The van der Waals surface area contributed by atoms with Crippen molar-refractivity contribution in [2.45, 2.75) is 4.90 Å². The Bertz CT molecular complexity index is 314. The van der Waals surface area contributed by atoms with Crippen molar-refractivity contribution in [2.24, 2.45) is 0 Å². The van der Waals surface area contributed by atoms with Crippen LogP contribution in [0.2, 0.25) is 5.02 Å². The van der Waals surface area contributed by atoms with E-state index in [1.165, 1.54) is 11.8 Å². The molecule has 4 heteroatoms. The number of carbonyl (C=O) groups excluding carboxylic acids is 1. The van der Waals surface area contributed by atoms with Crippen LogP contribution >= 0.6 is 32.6 Å². The van der Waals surface area contributed by atoms with E-state index in [9.17, 15) is 4.79 Å². The van der Waals surface area contributed by atoms with Crippen LogP contribution in [0.1, 0.15) is 10.4 Å². The molecule has 1 unspecified atom stereocenters. The van der Waals surface area contributed by atoms with E-state index in [4.69, 9.17) is 11.6 Å². The average Bonchev–Trinajstić information content (AvgIpc) is 2.03. The highest BCUT2D eigenvalue weighted by molar-refractivity contribution is 7.98. The zero-order chi connectivity index (χ0) is 9.14. The van der Waals surface area contributed by atoms with E-state index in [0.717, 1.165) is 4.90 Å². The normalized spacial score (nSPS) is 9.92. The first-order valence-corrected chi connectivity index (χ1v) is 5.47. The summed E-state index contributed by atoms with van der Waals surface area (Å²) < 4.78 is 0. The third kappa shape index (κ3) is 2.01. The molecule has 0 heterocycles. The quantitative estimate of drug-likeness (QED) is 0.561. The Balaban J connectivity index is 3.29. The van der Waals surface area contributed by atoms with Crippen molar-refractivity contribution < 1.29 is 4.79 Å². The maximum atomic E-state index is 11.1. The topological polar surface area (TPSA) is 17.1 Å². The maximum Gasteiger partial charge on any atom is 0.180 e. The lowest BCUT2D eigenvalue weighted by Crippen LogP contribution is -1.92. The minimum Gasteiger partial charge on any atom is -0.290 e. The fraction of sp³-hybridized carbons (Fsp3) is 0.125. The summed E-state index contributed by atoms with van der Waals surface area (Å²) in [5.74, 6) is 0. The molecule has 0 aliphatic heterocycles. The Kier molecular flexibility index (Phi) is 3.57. The number of carbonyl (C=O) groups is 1. The summed E-state index contributed by atoms with van der Waals surface area (Å²) in [5, 5.41) is 0.516. The summed E-state index contributed by atoms with van der Waals surface area (Å²) in [5.41, 5.74) is 0.529. The number of halogens is 1. The van der Waals surface area contributed by atoms with Gasteiger partial charge in [-0.3, -0.25) is 4.79 Å². The summed E-state index contributed by atoms with van der Waals surface area (Å²) in [6.45, 7) is 0. The molecule has 1 nitrogen and oxygen atoms in total. The Morgan fingerprint density at radius 2 is 2.25 bits per heavy atom. The zero-order valence-electron chi connectivity index (χ0n) is 6.50.